The zero-order valence-corrected chi connectivity index (χ0v) is 23.4. The number of halogens is 1. The summed E-state index contributed by atoms with van der Waals surface area (Å²) in [5.41, 5.74) is 2.96. The fourth-order valence-electron chi connectivity index (χ4n) is 5.86. The van der Waals surface area contributed by atoms with Crippen LogP contribution < -0.4 is 4.90 Å². The molecular weight excluding hydrogens is 482 g/mol. The lowest BCUT2D eigenvalue weighted by molar-refractivity contribution is -0.132. The summed E-state index contributed by atoms with van der Waals surface area (Å²) in [6, 6.07) is 16.5. The second-order valence-corrected chi connectivity index (χ2v) is 11.5. The summed E-state index contributed by atoms with van der Waals surface area (Å²) in [6.07, 6.45) is 6.36. The molecule has 2 aromatic carbocycles. The molecule has 2 aliphatic rings. The minimum absolute atomic E-state index is 0.121. The van der Waals surface area contributed by atoms with Gasteiger partial charge in [0.15, 0.2) is 0 Å². The Morgan fingerprint density at radius 1 is 0.973 bits per heavy atom. The van der Waals surface area contributed by atoms with E-state index in [1.165, 1.54) is 6.42 Å². The Labute approximate surface area is 227 Å². The van der Waals surface area contributed by atoms with Gasteiger partial charge in [0.25, 0.3) is 0 Å². The SMILES string of the molecule is CCC(=O)N1CCC2CCCC(CN(C(=O)Cc3ccc(Cl)cc3)Cc3ccccc31)N2CCC(C)C. The van der Waals surface area contributed by atoms with E-state index in [4.69, 9.17) is 11.6 Å². The van der Waals surface area contributed by atoms with Crippen LogP contribution in [0.5, 0.6) is 0 Å². The molecule has 1 saturated heterocycles. The minimum Gasteiger partial charge on any atom is -0.336 e. The van der Waals surface area contributed by atoms with Gasteiger partial charge in [-0.3, -0.25) is 14.5 Å². The number of carbonyl (C=O) groups is 2. The van der Waals surface area contributed by atoms with Gasteiger partial charge in [0, 0.05) is 48.8 Å². The van der Waals surface area contributed by atoms with Crippen LogP contribution in [0.2, 0.25) is 5.02 Å². The molecule has 200 valence electrons. The molecule has 1 fully saturated rings. The van der Waals surface area contributed by atoms with Crippen molar-refractivity contribution < 1.29 is 9.59 Å². The van der Waals surface area contributed by atoms with Crippen LogP contribution in [0, 0.1) is 5.92 Å². The van der Waals surface area contributed by atoms with Gasteiger partial charge in [0.2, 0.25) is 11.8 Å². The quantitative estimate of drug-likeness (QED) is 0.444. The van der Waals surface area contributed by atoms with Crippen molar-refractivity contribution in [2.75, 3.05) is 24.5 Å². The van der Waals surface area contributed by atoms with Gasteiger partial charge in [-0.2, -0.15) is 0 Å². The van der Waals surface area contributed by atoms with Crippen LogP contribution in [0.3, 0.4) is 0 Å². The Morgan fingerprint density at radius 3 is 2.43 bits per heavy atom. The molecule has 0 saturated carbocycles. The van der Waals surface area contributed by atoms with Gasteiger partial charge in [-0.15, -0.1) is 0 Å². The average molecular weight is 524 g/mol. The minimum atomic E-state index is 0.121. The number of anilines is 1. The van der Waals surface area contributed by atoms with E-state index < -0.39 is 0 Å². The first-order chi connectivity index (χ1) is 17.9. The Morgan fingerprint density at radius 2 is 1.70 bits per heavy atom. The molecule has 4 rings (SSSR count). The van der Waals surface area contributed by atoms with Gasteiger partial charge in [-0.05, 0) is 67.5 Å². The number of amides is 2. The molecule has 2 bridgehead atoms. The number of rotatable bonds is 6. The van der Waals surface area contributed by atoms with E-state index in [-0.39, 0.29) is 11.8 Å². The van der Waals surface area contributed by atoms with Crippen molar-refractivity contribution in [1.29, 1.82) is 0 Å². The largest absolute Gasteiger partial charge is 0.336 e. The van der Waals surface area contributed by atoms with E-state index in [0.717, 1.165) is 62.1 Å². The van der Waals surface area contributed by atoms with Crippen molar-refractivity contribution in [3.63, 3.8) is 0 Å². The fourth-order valence-corrected chi connectivity index (χ4v) is 5.98. The smallest absolute Gasteiger partial charge is 0.227 e. The Balaban J connectivity index is 1.70. The van der Waals surface area contributed by atoms with Gasteiger partial charge in [0.1, 0.15) is 0 Å². The molecule has 2 aliphatic heterocycles. The zero-order valence-electron chi connectivity index (χ0n) is 22.7. The van der Waals surface area contributed by atoms with Gasteiger partial charge < -0.3 is 9.80 Å². The lowest BCUT2D eigenvalue weighted by atomic mass is 9.92. The summed E-state index contributed by atoms with van der Waals surface area (Å²) in [5, 5.41) is 0.676. The predicted octanol–water partition coefficient (Wildman–Crippen LogP) is 6.33. The van der Waals surface area contributed by atoms with Crippen molar-refractivity contribution in [1.82, 2.24) is 9.80 Å². The molecule has 2 unspecified atom stereocenters. The van der Waals surface area contributed by atoms with Crippen LogP contribution in [0.25, 0.3) is 0 Å². The van der Waals surface area contributed by atoms with Crippen molar-refractivity contribution >= 4 is 29.1 Å². The number of hydrogen-bond donors (Lipinski definition) is 0. The van der Waals surface area contributed by atoms with E-state index in [9.17, 15) is 9.59 Å². The Hall–Kier alpha value is -2.37. The normalized spacial score (nSPS) is 20.9. The Bertz CT molecular complexity index is 1050. The number of carbonyl (C=O) groups excluding carboxylic acids is 2. The maximum atomic E-state index is 13.8. The van der Waals surface area contributed by atoms with Crippen LogP contribution >= 0.6 is 11.6 Å². The van der Waals surface area contributed by atoms with Crippen molar-refractivity contribution in [3.8, 4) is 0 Å². The van der Waals surface area contributed by atoms with Crippen molar-refractivity contribution in [2.45, 2.75) is 84.3 Å². The molecule has 0 aromatic heterocycles. The lowest BCUT2D eigenvalue weighted by Gasteiger charge is -2.44. The average Bonchev–Trinajstić information content (AvgIpc) is 2.90. The number of nitrogens with zero attached hydrogens (tertiary/aromatic N) is 3. The number of benzene rings is 2. The molecule has 0 radical (unpaired) electrons. The fraction of sp³-hybridized carbons (Fsp3) is 0.548. The number of hydrogen-bond acceptors (Lipinski definition) is 3. The second kappa shape index (κ2) is 12.9. The molecule has 2 atom stereocenters. The van der Waals surface area contributed by atoms with Crippen LogP contribution in [0.1, 0.15) is 70.4 Å². The van der Waals surface area contributed by atoms with Gasteiger partial charge in [-0.1, -0.05) is 69.1 Å². The second-order valence-electron chi connectivity index (χ2n) is 11.1. The van der Waals surface area contributed by atoms with Gasteiger partial charge >= 0.3 is 0 Å². The highest BCUT2D eigenvalue weighted by molar-refractivity contribution is 6.30. The zero-order chi connectivity index (χ0) is 26.4. The van der Waals surface area contributed by atoms with E-state index in [1.54, 1.807) is 0 Å². The standard InChI is InChI=1S/C31H42ClN3O2/c1-4-30(36)35-19-17-27-9-7-10-28(34(27)18-16-23(2)3)22-33(21-25-8-5-6-11-29(25)35)31(37)20-24-12-14-26(32)15-13-24/h5-6,8,11-15,23,27-28H,4,7,9-10,16-22H2,1-3H3. The number of para-hydroxylation sites is 1. The molecule has 2 amide bonds. The van der Waals surface area contributed by atoms with Crippen LogP contribution in [0.15, 0.2) is 48.5 Å². The number of fused-ring (bicyclic) bond motifs is 3. The third-order valence-corrected chi connectivity index (χ3v) is 8.21. The highest BCUT2D eigenvalue weighted by Gasteiger charge is 2.34. The van der Waals surface area contributed by atoms with E-state index in [0.29, 0.717) is 42.4 Å². The maximum Gasteiger partial charge on any atom is 0.227 e. The first-order valence-electron chi connectivity index (χ1n) is 14.0. The number of piperidine rings is 1. The molecule has 0 N–H and O–H groups in total. The summed E-state index contributed by atoms with van der Waals surface area (Å²) >= 11 is 6.09. The first kappa shape index (κ1) is 27.7. The van der Waals surface area contributed by atoms with E-state index in [1.807, 2.05) is 59.2 Å². The molecule has 2 heterocycles. The maximum absolute atomic E-state index is 13.8. The third kappa shape index (κ3) is 7.14. The topological polar surface area (TPSA) is 43.9 Å². The summed E-state index contributed by atoms with van der Waals surface area (Å²) in [7, 11) is 0. The van der Waals surface area contributed by atoms with Crippen LogP contribution in [-0.2, 0) is 22.6 Å². The molecular formula is C31H42ClN3O2. The van der Waals surface area contributed by atoms with Crippen molar-refractivity contribution in [3.05, 3.63) is 64.7 Å². The summed E-state index contributed by atoms with van der Waals surface area (Å²) in [6.45, 7) is 9.49. The third-order valence-electron chi connectivity index (χ3n) is 7.96. The van der Waals surface area contributed by atoms with Crippen molar-refractivity contribution in [2.24, 2.45) is 5.92 Å². The molecule has 6 heteroatoms. The molecule has 0 aliphatic carbocycles. The summed E-state index contributed by atoms with van der Waals surface area (Å²) < 4.78 is 0. The highest BCUT2D eigenvalue weighted by atomic mass is 35.5. The Kier molecular flexibility index (Phi) is 9.66. The highest BCUT2D eigenvalue weighted by Crippen LogP contribution is 2.31. The van der Waals surface area contributed by atoms with Crippen LogP contribution in [-0.4, -0.2) is 53.3 Å². The molecule has 37 heavy (non-hydrogen) atoms. The first-order valence-corrected chi connectivity index (χ1v) is 14.4. The van der Waals surface area contributed by atoms with Crippen LogP contribution in [0.4, 0.5) is 5.69 Å². The van der Waals surface area contributed by atoms with Gasteiger partial charge in [-0.25, -0.2) is 0 Å². The predicted molar refractivity (Wildman–Crippen MR) is 152 cm³/mol. The molecule has 2 aromatic rings. The van der Waals surface area contributed by atoms with E-state index >= 15 is 0 Å². The summed E-state index contributed by atoms with van der Waals surface area (Å²) in [5.74, 6) is 0.895. The lowest BCUT2D eigenvalue weighted by Crippen LogP contribution is -2.53. The van der Waals surface area contributed by atoms with E-state index in [2.05, 4.69) is 24.8 Å². The molecule has 5 nitrogen and oxygen atoms in total. The summed E-state index contributed by atoms with van der Waals surface area (Å²) in [4.78, 5) is 33.7. The monoisotopic (exact) mass is 523 g/mol. The molecule has 0 spiro atoms. The van der Waals surface area contributed by atoms with Gasteiger partial charge in [0.05, 0.1) is 6.42 Å².